The van der Waals surface area contributed by atoms with Gasteiger partial charge in [-0.3, -0.25) is 4.79 Å². The minimum atomic E-state index is -0.448. The number of rotatable bonds is 7. The normalized spacial score (nSPS) is 10.4. The van der Waals surface area contributed by atoms with Crippen LogP contribution in [-0.2, 0) is 14.3 Å². The minimum Gasteiger partial charge on any atom is -0.493 e. The molecule has 0 heterocycles. The van der Waals surface area contributed by atoms with E-state index in [4.69, 9.17) is 9.47 Å². The summed E-state index contributed by atoms with van der Waals surface area (Å²) in [6, 6.07) is 12.6. The molecule has 0 fully saturated rings. The molecule has 0 aliphatic rings. The number of hydrogen-bond acceptors (Lipinski definition) is 5. The van der Waals surface area contributed by atoms with E-state index in [0.717, 1.165) is 14.8 Å². The topological polar surface area (TPSA) is 73.9 Å². The Morgan fingerprint density at radius 1 is 1.12 bits per heavy atom. The van der Waals surface area contributed by atoms with Crippen LogP contribution in [0.2, 0.25) is 0 Å². The van der Waals surface area contributed by atoms with Gasteiger partial charge in [-0.05, 0) is 58.5 Å². The van der Waals surface area contributed by atoms with Crippen molar-refractivity contribution in [2.24, 2.45) is 0 Å². The smallest absolute Gasteiger partial charge is 0.330 e. The van der Waals surface area contributed by atoms with E-state index in [2.05, 4.69) is 32.6 Å². The number of amides is 1. The second-order valence-corrected chi connectivity index (χ2v) is 6.25. The Morgan fingerprint density at radius 2 is 1.88 bits per heavy atom. The van der Waals surface area contributed by atoms with Crippen molar-refractivity contribution in [3.63, 3.8) is 0 Å². The van der Waals surface area contributed by atoms with E-state index in [1.165, 1.54) is 20.3 Å². The third kappa shape index (κ3) is 5.76. The molecule has 0 bridgehead atoms. The van der Waals surface area contributed by atoms with Crippen molar-refractivity contribution in [1.82, 2.24) is 0 Å². The number of ether oxygens (including phenoxy) is 3. The molecule has 0 atom stereocenters. The lowest BCUT2D eigenvalue weighted by atomic mass is 10.2. The molecule has 1 amide bonds. The van der Waals surface area contributed by atoms with Gasteiger partial charge in [0.25, 0.3) is 5.91 Å². The molecule has 136 valence electrons. The Morgan fingerprint density at radius 3 is 2.58 bits per heavy atom. The van der Waals surface area contributed by atoms with Crippen LogP contribution < -0.4 is 14.8 Å². The zero-order valence-electron chi connectivity index (χ0n) is 14.3. The largest absolute Gasteiger partial charge is 0.493 e. The first-order valence-electron chi connectivity index (χ1n) is 7.64. The highest BCUT2D eigenvalue weighted by Crippen LogP contribution is 2.28. The van der Waals surface area contributed by atoms with Gasteiger partial charge < -0.3 is 19.5 Å². The summed E-state index contributed by atoms with van der Waals surface area (Å²) in [6.45, 7) is -0.154. The Labute approximate surface area is 165 Å². The van der Waals surface area contributed by atoms with Crippen molar-refractivity contribution in [3.8, 4) is 11.5 Å². The predicted molar refractivity (Wildman–Crippen MR) is 107 cm³/mol. The van der Waals surface area contributed by atoms with Crippen LogP contribution in [-0.4, -0.2) is 32.7 Å². The molecule has 0 saturated carbocycles. The highest BCUT2D eigenvalue weighted by molar-refractivity contribution is 14.1. The molecule has 1 N–H and O–H groups in total. The van der Waals surface area contributed by atoms with Crippen LogP contribution in [0.15, 0.2) is 48.5 Å². The lowest BCUT2D eigenvalue weighted by molar-refractivity contribution is -0.134. The van der Waals surface area contributed by atoms with E-state index in [0.29, 0.717) is 11.5 Å². The Bertz CT molecular complexity index is 819. The van der Waals surface area contributed by atoms with E-state index < -0.39 is 5.97 Å². The van der Waals surface area contributed by atoms with Gasteiger partial charge in [0.15, 0.2) is 18.1 Å². The van der Waals surface area contributed by atoms with Gasteiger partial charge in [-0.25, -0.2) is 4.79 Å². The van der Waals surface area contributed by atoms with Crippen LogP contribution >= 0.6 is 22.6 Å². The van der Waals surface area contributed by atoms with E-state index >= 15 is 0 Å². The van der Waals surface area contributed by atoms with Crippen molar-refractivity contribution in [2.45, 2.75) is 0 Å². The first-order valence-corrected chi connectivity index (χ1v) is 8.72. The fourth-order valence-electron chi connectivity index (χ4n) is 2.03. The zero-order valence-corrected chi connectivity index (χ0v) is 16.5. The minimum absolute atomic E-state index is 0.154. The number of halogens is 1. The summed E-state index contributed by atoms with van der Waals surface area (Å²) in [5.74, 6) is 0.169. The van der Waals surface area contributed by atoms with Gasteiger partial charge in [0, 0.05) is 9.65 Å². The third-order valence-electron chi connectivity index (χ3n) is 3.31. The van der Waals surface area contributed by atoms with Crippen molar-refractivity contribution < 1.29 is 23.8 Å². The molecule has 0 radical (unpaired) electrons. The van der Waals surface area contributed by atoms with Gasteiger partial charge in [-0.1, -0.05) is 18.2 Å². The Balaban J connectivity index is 2.00. The predicted octanol–water partition coefficient (Wildman–Crippen LogP) is 3.50. The SMILES string of the molecule is COC(=O)/C=C/c1ccc(OCC(=O)Nc2ccccc2I)c(OC)c1. The van der Waals surface area contributed by atoms with Crippen molar-refractivity contribution in [3.05, 3.63) is 57.7 Å². The number of carbonyl (C=O) groups is 2. The summed E-state index contributed by atoms with van der Waals surface area (Å²) >= 11 is 2.15. The average molecular weight is 467 g/mol. The second-order valence-electron chi connectivity index (χ2n) is 5.08. The highest BCUT2D eigenvalue weighted by atomic mass is 127. The molecule has 2 aromatic carbocycles. The number of methoxy groups -OCH3 is 2. The van der Waals surface area contributed by atoms with E-state index in [-0.39, 0.29) is 12.5 Å². The van der Waals surface area contributed by atoms with Gasteiger partial charge in [-0.15, -0.1) is 0 Å². The number of hydrogen-bond donors (Lipinski definition) is 1. The number of carbonyl (C=O) groups excluding carboxylic acids is 2. The Hall–Kier alpha value is -2.55. The molecule has 6 nitrogen and oxygen atoms in total. The van der Waals surface area contributed by atoms with E-state index in [9.17, 15) is 9.59 Å². The lowest BCUT2D eigenvalue weighted by Crippen LogP contribution is -2.20. The van der Waals surface area contributed by atoms with Gasteiger partial charge in [0.1, 0.15) is 0 Å². The molecule has 26 heavy (non-hydrogen) atoms. The molecule has 7 heteroatoms. The van der Waals surface area contributed by atoms with Crippen molar-refractivity contribution in [1.29, 1.82) is 0 Å². The van der Waals surface area contributed by atoms with E-state index in [1.54, 1.807) is 24.3 Å². The van der Waals surface area contributed by atoms with Gasteiger partial charge in [-0.2, -0.15) is 0 Å². The van der Waals surface area contributed by atoms with Crippen LogP contribution in [0.1, 0.15) is 5.56 Å². The second kappa shape index (κ2) is 9.81. The van der Waals surface area contributed by atoms with Crippen molar-refractivity contribution >= 4 is 46.2 Å². The van der Waals surface area contributed by atoms with Gasteiger partial charge in [0.05, 0.1) is 19.9 Å². The molecule has 0 aliphatic heterocycles. The molecule has 2 aromatic rings. The maximum Gasteiger partial charge on any atom is 0.330 e. The molecule has 0 saturated heterocycles. The summed E-state index contributed by atoms with van der Waals surface area (Å²) in [5, 5.41) is 2.79. The van der Waals surface area contributed by atoms with Crippen LogP contribution in [0, 0.1) is 3.57 Å². The van der Waals surface area contributed by atoms with E-state index in [1.807, 2.05) is 24.3 Å². The third-order valence-corrected chi connectivity index (χ3v) is 4.25. The van der Waals surface area contributed by atoms with Crippen LogP contribution in [0.3, 0.4) is 0 Å². The number of nitrogens with one attached hydrogen (secondary N) is 1. The monoisotopic (exact) mass is 467 g/mol. The van der Waals surface area contributed by atoms with Crippen LogP contribution in [0.5, 0.6) is 11.5 Å². The summed E-state index contributed by atoms with van der Waals surface area (Å²) in [4.78, 5) is 23.2. The number of para-hydroxylation sites is 1. The summed E-state index contributed by atoms with van der Waals surface area (Å²) < 4.78 is 16.3. The molecular formula is C19H18INO5. The maximum absolute atomic E-state index is 12.1. The highest BCUT2D eigenvalue weighted by Gasteiger charge is 2.09. The van der Waals surface area contributed by atoms with Gasteiger partial charge >= 0.3 is 5.97 Å². The number of esters is 1. The molecule has 2 rings (SSSR count). The summed E-state index contributed by atoms with van der Waals surface area (Å²) in [5.41, 5.74) is 1.47. The first-order chi connectivity index (χ1) is 12.5. The van der Waals surface area contributed by atoms with Crippen LogP contribution in [0.4, 0.5) is 5.69 Å². The molecule has 0 aromatic heterocycles. The average Bonchev–Trinajstić information content (AvgIpc) is 2.66. The van der Waals surface area contributed by atoms with Crippen LogP contribution in [0.25, 0.3) is 6.08 Å². The number of anilines is 1. The molecular weight excluding hydrogens is 449 g/mol. The van der Waals surface area contributed by atoms with Crippen molar-refractivity contribution in [2.75, 3.05) is 26.1 Å². The summed E-state index contributed by atoms with van der Waals surface area (Å²) in [7, 11) is 2.81. The first kappa shape index (κ1) is 19.8. The standard InChI is InChI=1S/C19H18INO5/c1-24-17-11-13(8-10-19(23)25-2)7-9-16(17)26-12-18(22)21-15-6-4-3-5-14(15)20/h3-11H,12H2,1-2H3,(H,21,22)/b10-8+. The quantitative estimate of drug-likeness (QED) is 0.384. The molecule has 0 spiro atoms. The molecule has 0 unspecified atom stereocenters. The Kier molecular flexibility index (Phi) is 7.46. The molecule has 0 aliphatic carbocycles. The van der Waals surface area contributed by atoms with Gasteiger partial charge in [0.2, 0.25) is 0 Å². The summed E-state index contributed by atoms with van der Waals surface area (Å²) in [6.07, 6.45) is 2.91. The maximum atomic E-state index is 12.1. The fraction of sp³-hybridized carbons (Fsp3) is 0.158. The number of benzene rings is 2. The zero-order chi connectivity index (χ0) is 18.9. The lowest BCUT2D eigenvalue weighted by Gasteiger charge is -2.12. The fourth-order valence-corrected chi connectivity index (χ4v) is 2.55.